The van der Waals surface area contributed by atoms with E-state index in [-0.39, 0.29) is 24.6 Å². The molecule has 1 rings (SSSR count). The van der Waals surface area contributed by atoms with Crippen LogP contribution in [0.1, 0.15) is 58.8 Å². The Kier molecular flexibility index (Phi) is 6.80. The van der Waals surface area contributed by atoms with Crippen LogP contribution in [-0.4, -0.2) is 31.3 Å². The molecule has 19 heavy (non-hydrogen) atoms. The molecule has 0 aliphatic heterocycles. The Balaban J connectivity index is 2.29. The van der Waals surface area contributed by atoms with Crippen LogP contribution in [0.25, 0.3) is 0 Å². The van der Waals surface area contributed by atoms with Crippen molar-refractivity contribution in [2.24, 2.45) is 11.7 Å². The van der Waals surface area contributed by atoms with Crippen molar-refractivity contribution in [3.63, 3.8) is 0 Å². The van der Waals surface area contributed by atoms with Crippen molar-refractivity contribution < 1.29 is 14.3 Å². The summed E-state index contributed by atoms with van der Waals surface area (Å²) in [6.45, 7) is 4.53. The molecule has 4 heteroatoms. The Morgan fingerprint density at radius 1 is 1.37 bits per heavy atom. The lowest BCUT2D eigenvalue weighted by Gasteiger charge is -2.27. The van der Waals surface area contributed by atoms with Crippen LogP contribution in [0.5, 0.6) is 0 Å². The summed E-state index contributed by atoms with van der Waals surface area (Å²) >= 11 is 0. The summed E-state index contributed by atoms with van der Waals surface area (Å²) in [5.41, 5.74) is 5.24. The summed E-state index contributed by atoms with van der Waals surface area (Å²) < 4.78 is 10.6. The standard InChI is InChI=1S/C15H29NO3/c1-4-5-6-7-8-12(2)19-11-15(16,13-9-10-13)14(17)18-3/h12-13H,4-11,16H2,1-3H3. The highest BCUT2D eigenvalue weighted by Gasteiger charge is 2.49. The van der Waals surface area contributed by atoms with Gasteiger partial charge in [0.1, 0.15) is 5.54 Å². The van der Waals surface area contributed by atoms with Crippen LogP contribution >= 0.6 is 0 Å². The number of carbonyl (C=O) groups is 1. The molecule has 1 fully saturated rings. The minimum atomic E-state index is -0.938. The summed E-state index contributed by atoms with van der Waals surface area (Å²) in [6.07, 6.45) is 8.12. The Bertz CT molecular complexity index is 279. The second-order valence-electron chi connectivity index (χ2n) is 5.78. The molecule has 0 bridgehead atoms. The lowest BCUT2D eigenvalue weighted by molar-refractivity contribution is -0.151. The molecule has 0 aromatic heterocycles. The third-order valence-electron chi connectivity index (χ3n) is 3.94. The van der Waals surface area contributed by atoms with Crippen molar-refractivity contribution in [1.82, 2.24) is 0 Å². The minimum absolute atomic E-state index is 0.156. The zero-order chi connectivity index (χ0) is 14.3. The first-order valence-corrected chi connectivity index (χ1v) is 7.53. The van der Waals surface area contributed by atoms with E-state index in [4.69, 9.17) is 15.2 Å². The zero-order valence-corrected chi connectivity index (χ0v) is 12.6. The van der Waals surface area contributed by atoms with Gasteiger partial charge >= 0.3 is 5.97 Å². The van der Waals surface area contributed by atoms with Gasteiger partial charge in [-0.15, -0.1) is 0 Å². The van der Waals surface area contributed by atoms with E-state index in [9.17, 15) is 4.79 Å². The molecule has 112 valence electrons. The van der Waals surface area contributed by atoms with Gasteiger partial charge in [-0.05, 0) is 32.1 Å². The lowest BCUT2D eigenvalue weighted by Crippen LogP contribution is -2.55. The van der Waals surface area contributed by atoms with E-state index in [0.29, 0.717) is 0 Å². The molecule has 1 saturated carbocycles. The van der Waals surface area contributed by atoms with Crippen LogP contribution in [0.2, 0.25) is 0 Å². The number of methoxy groups -OCH3 is 1. The van der Waals surface area contributed by atoms with Gasteiger partial charge in [-0.3, -0.25) is 0 Å². The third kappa shape index (κ3) is 5.11. The van der Waals surface area contributed by atoms with Crippen LogP contribution < -0.4 is 5.73 Å². The van der Waals surface area contributed by atoms with Gasteiger partial charge in [0, 0.05) is 0 Å². The average Bonchev–Trinajstić information content (AvgIpc) is 3.24. The van der Waals surface area contributed by atoms with E-state index in [2.05, 4.69) is 13.8 Å². The van der Waals surface area contributed by atoms with Gasteiger partial charge in [0.2, 0.25) is 0 Å². The fraction of sp³-hybridized carbons (Fsp3) is 0.933. The lowest BCUT2D eigenvalue weighted by atomic mass is 9.95. The topological polar surface area (TPSA) is 61.5 Å². The van der Waals surface area contributed by atoms with E-state index in [1.165, 1.54) is 32.8 Å². The van der Waals surface area contributed by atoms with Crippen LogP contribution in [0.4, 0.5) is 0 Å². The minimum Gasteiger partial charge on any atom is -0.468 e. The Labute approximate surface area is 117 Å². The van der Waals surface area contributed by atoms with Gasteiger partial charge in [-0.2, -0.15) is 0 Å². The van der Waals surface area contributed by atoms with Gasteiger partial charge in [0.15, 0.2) is 0 Å². The van der Waals surface area contributed by atoms with Crippen molar-refractivity contribution in [2.45, 2.75) is 70.4 Å². The number of carbonyl (C=O) groups excluding carboxylic acids is 1. The smallest absolute Gasteiger partial charge is 0.328 e. The molecule has 2 atom stereocenters. The van der Waals surface area contributed by atoms with Crippen molar-refractivity contribution >= 4 is 5.97 Å². The number of hydrogen-bond donors (Lipinski definition) is 1. The van der Waals surface area contributed by atoms with Crippen LogP contribution in [0.15, 0.2) is 0 Å². The molecule has 0 aromatic carbocycles. The van der Waals surface area contributed by atoms with E-state index >= 15 is 0 Å². The highest BCUT2D eigenvalue weighted by atomic mass is 16.5. The third-order valence-corrected chi connectivity index (χ3v) is 3.94. The van der Waals surface area contributed by atoms with Crippen LogP contribution in [-0.2, 0) is 14.3 Å². The average molecular weight is 271 g/mol. The van der Waals surface area contributed by atoms with E-state index in [0.717, 1.165) is 19.3 Å². The first-order chi connectivity index (χ1) is 9.04. The fourth-order valence-electron chi connectivity index (χ4n) is 2.35. The number of unbranched alkanes of at least 4 members (excludes halogenated alkanes) is 3. The molecule has 2 N–H and O–H groups in total. The monoisotopic (exact) mass is 271 g/mol. The molecule has 0 spiro atoms. The van der Waals surface area contributed by atoms with Gasteiger partial charge in [0.05, 0.1) is 19.8 Å². The second-order valence-corrected chi connectivity index (χ2v) is 5.78. The summed E-state index contributed by atoms with van der Waals surface area (Å²) in [4.78, 5) is 11.8. The molecule has 0 amide bonds. The number of ether oxygens (including phenoxy) is 2. The molecular weight excluding hydrogens is 242 g/mol. The van der Waals surface area contributed by atoms with E-state index in [1.54, 1.807) is 0 Å². The number of nitrogens with two attached hydrogens (primary N) is 1. The quantitative estimate of drug-likeness (QED) is 0.490. The maximum absolute atomic E-state index is 11.8. The molecule has 0 heterocycles. The zero-order valence-electron chi connectivity index (χ0n) is 12.6. The van der Waals surface area contributed by atoms with E-state index < -0.39 is 5.54 Å². The molecular formula is C15H29NO3. The summed E-state index contributed by atoms with van der Waals surface area (Å²) in [5, 5.41) is 0. The molecule has 0 aromatic rings. The molecule has 2 unspecified atom stereocenters. The largest absolute Gasteiger partial charge is 0.468 e. The number of rotatable bonds is 10. The Hall–Kier alpha value is -0.610. The second kappa shape index (κ2) is 7.85. The summed E-state index contributed by atoms with van der Waals surface area (Å²) in [7, 11) is 1.39. The summed E-state index contributed by atoms with van der Waals surface area (Å²) in [6, 6.07) is 0. The van der Waals surface area contributed by atoms with Crippen LogP contribution in [0, 0.1) is 5.92 Å². The van der Waals surface area contributed by atoms with E-state index in [1.807, 2.05) is 0 Å². The van der Waals surface area contributed by atoms with Crippen molar-refractivity contribution in [3.05, 3.63) is 0 Å². The Morgan fingerprint density at radius 3 is 2.58 bits per heavy atom. The fourth-order valence-corrected chi connectivity index (χ4v) is 2.35. The van der Waals surface area contributed by atoms with Crippen molar-refractivity contribution in [3.8, 4) is 0 Å². The van der Waals surface area contributed by atoms with Crippen molar-refractivity contribution in [2.75, 3.05) is 13.7 Å². The SMILES string of the molecule is CCCCCCC(C)OCC(N)(C(=O)OC)C1CC1. The highest BCUT2D eigenvalue weighted by Crippen LogP contribution is 2.39. The van der Waals surface area contributed by atoms with Gasteiger partial charge in [-0.1, -0.05) is 32.6 Å². The van der Waals surface area contributed by atoms with Crippen molar-refractivity contribution in [1.29, 1.82) is 0 Å². The molecule has 0 saturated heterocycles. The predicted octanol–water partition coefficient (Wildman–Crippen LogP) is 2.64. The summed E-state index contributed by atoms with van der Waals surface area (Å²) in [5.74, 6) is -0.111. The molecule has 0 radical (unpaired) electrons. The number of esters is 1. The van der Waals surface area contributed by atoms with Crippen LogP contribution in [0.3, 0.4) is 0 Å². The maximum Gasteiger partial charge on any atom is 0.328 e. The van der Waals surface area contributed by atoms with Gasteiger partial charge < -0.3 is 15.2 Å². The Morgan fingerprint density at radius 2 is 2.05 bits per heavy atom. The van der Waals surface area contributed by atoms with Gasteiger partial charge in [0.25, 0.3) is 0 Å². The first-order valence-electron chi connectivity index (χ1n) is 7.53. The van der Waals surface area contributed by atoms with Gasteiger partial charge in [-0.25, -0.2) is 4.79 Å². The molecule has 1 aliphatic rings. The number of hydrogen-bond acceptors (Lipinski definition) is 4. The molecule has 1 aliphatic carbocycles. The first kappa shape index (κ1) is 16.4. The highest BCUT2D eigenvalue weighted by molar-refractivity contribution is 5.81. The maximum atomic E-state index is 11.8. The molecule has 4 nitrogen and oxygen atoms in total. The normalized spacial score (nSPS) is 19.8. The predicted molar refractivity (Wildman–Crippen MR) is 75.8 cm³/mol.